The van der Waals surface area contributed by atoms with Crippen molar-refractivity contribution in [3.05, 3.63) is 33.4 Å². The van der Waals surface area contributed by atoms with Gasteiger partial charge in [-0.3, -0.25) is 0 Å². The summed E-state index contributed by atoms with van der Waals surface area (Å²) in [6, 6.07) is 8.20. The Balaban J connectivity index is 2.92. The van der Waals surface area contributed by atoms with Gasteiger partial charge in [-0.25, -0.2) is 0 Å². The molecule has 1 aromatic rings. The van der Waals surface area contributed by atoms with Crippen LogP contribution in [0.4, 0.5) is 0 Å². The van der Waals surface area contributed by atoms with Crippen molar-refractivity contribution in [2.75, 3.05) is 6.54 Å². The number of halogens is 1. The van der Waals surface area contributed by atoms with E-state index in [1.54, 1.807) is 0 Å². The van der Waals surface area contributed by atoms with Gasteiger partial charge in [0.2, 0.25) is 0 Å². The van der Waals surface area contributed by atoms with Crippen LogP contribution in [0.25, 0.3) is 0 Å². The Kier molecular flexibility index (Phi) is 4.26. The molecule has 0 aromatic heterocycles. The molecule has 1 atom stereocenters. The number of hydrogen-bond donors (Lipinski definition) is 1. The SMILES string of the molecule is C#CC(NCC)c1ccccc1I. The molecule has 68 valence electrons. The molecule has 1 N–H and O–H groups in total. The van der Waals surface area contributed by atoms with Crippen molar-refractivity contribution in [3.8, 4) is 12.3 Å². The van der Waals surface area contributed by atoms with E-state index in [1.807, 2.05) is 12.1 Å². The van der Waals surface area contributed by atoms with E-state index < -0.39 is 0 Å². The Morgan fingerprint density at radius 3 is 2.77 bits per heavy atom. The van der Waals surface area contributed by atoms with Crippen molar-refractivity contribution in [2.24, 2.45) is 0 Å². The second kappa shape index (κ2) is 5.25. The Morgan fingerprint density at radius 2 is 2.23 bits per heavy atom. The summed E-state index contributed by atoms with van der Waals surface area (Å²) in [6.45, 7) is 2.94. The Hall–Kier alpha value is -0.530. The summed E-state index contributed by atoms with van der Waals surface area (Å²) in [5, 5.41) is 3.25. The topological polar surface area (TPSA) is 12.0 Å². The summed E-state index contributed by atoms with van der Waals surface area (Å²) in [7, 11) is 0. The first-order chi connectivity index (χ1) is 6.29. The highest BCUT2D eigenvalue weighted by Gasteiger charge is 2.08. The fourth-order valence-corrected chi connectivity index (χ4v) is 1.87. The maximum Gasteiger partial charge on any atom is 0.0953 e. The lowest BCUT2D eigenvalue weighted by Gasteiger charge is -2.13. The predicted octanol–water partition coefficient (Wildman–Crippen LogP) is 2.58. The fraction of sp³-hybridized carbons (Fsp3) is 0.273. The van der Waals surface area contributed by atoms with Crippen LogP contribution in [0.3, 0.4) is 0 Å². The summed E-state index contributed by atoms with van der Waals surface area (Å²) in [4.78, 5) is 0. The highest BCUT2D eigenvalue weighted by atomic mass is 127. The van der Waals surface area contributed by atoms with Gasteiger partial charge in [-0.05, 0) is 40.8 Å². The van der Waals surface area contributed by atoms with E-state index in [2.05, 4.69) is 52.9 Å². The molecule has 1 rings (SSSR count). The van der Waals surface area contributed by atoms with Crippen LogP contribution in [0, 0.1) is 15.9 Å². The van der Waals surface area contributed by atoms with Gasteiger partial charge in [-0.2, -0.15) is 0 Å². The zero-order chi connectivity index (χ0) is 9.68. The molecule has 0 aliphatic carbocycles. The van der Waals surface area contributed by atoms with Crippen LogP contribution < -0.4 is 5.32 Å². The minimum absolute atomic E-state index is 0.0399. The second-order valence-corrected chi connectivity index (χ2v) is 3.84. The number of nitrogens with one attached hydrogen (secondary N) is 1. The first-order valence-corrected chi connectivity index (χ1v) is 5.31. The van der Waals surface area contributed by atoms with Crippen molar-refractivity contribution in [2.45, 2.75) is 13.0 Å². The lowest BCUT2D eigenvalue weighted by atomic mass is 10.1. The third kappa shape index (κ3) is 2.71. The molecular weight excluding hydrogens is 273 g/mol. The van der Waals surface area contributed by atoms with E-state index in [9.17, 15) is 0 Å². The predicted molar refractivity (Wildman–Crippen MR) is 64.4 cm³/mol. The summed E-state index contributed by atoms with van der Waals surface area (Å²) in [6.07, 6.45) is 5.44. The first kappa shape index (κ1) is 10.6. The number of benzene rings is 1. The normalized spacial score (nSPS) is 12.1. The van der Waals surface area contributed by atoms with Crippen LogP contribution in [-0.2, 0) is 0 Å². The Bertz CT molecular complexity index is 314. The third-order valence-electron chi connectivity index (χ3n) is 1.79. The van der Waals surface area contributed by atoms with E-state index >= 15 is 0 Å². The Morgan fingerprint density at radius 1 is 1.54 bits per heavy atom. The Labute approximate surface area is 93.1 Å². The van der Waals surface area contributed by atoms with E-state index in [0.29, 0.717) is 0 Å². The zero-order valence-electron chi connectivity index (χ0n) is 7.55. The van der Waals surface area contributed by atoms with E-state index in [0.717, 1.165) is 6.54 Å². The summed E-state index contributed by atoms with van der Waals surface area (Å²) >= 11 is 2.30. The maximum absolute atomic E-state index is 5.44. The highest BCUT2D eigenvalue weighted by molar-refractivity contribution is 14.1. The van der Waals surface area contributed by atoms with Crippen LogP contribution in [0.15, 0.2) is 24.3 Å². The standard InChI is InChI=1S/C11H12IN/c1-3-11(13-4-2)9-7-5-6-8-10(9)12/h1,5-8,11,13H,4H2,2H3. The fourth-order valence-electron chi connectivity index (χ4n) is 1.17. The smallest absolute Gasteiger partial charge is 0.0953 e. The molecule has 0 spiro atoms. The van der Waals surface area contributed by atoms with Crippen LogP contribution >= 0.6 is 22.6 Å². The minimum Gasteiger partial charge on any atom is -0.300 e. The van der Waals surface area contributed by atoms with Gasteiger partial charge in [-0.15, -0.1) is 6.42 Å². The van der Waals surface area contributed by atoms with Gasteiger partial charge in [0.05, 0.1) is 6.04 Å². The van der Waals surface area contributed by atoms with Gasteiger partial charge in [0.25, 0.3) is 0 Å². The lowest BCUT2D eigenvalue weighted by Crippen LogP contribution is -2.19. The number of rotatable bonds is 3. The van der Waals surface area contributed by atoms with E-state index in [-0.39, 0.29) is 6.04 Å². The maximum atomic E-state index is 5.44. The van der Waals surface area contributed by atoms with Gasteiger partial charge < -0.3 is 5.32 Å². The lowest BCUT2D eigenvalue weighted by molar-refractivity contribution is 0.662. The molecule has 0 aliphatic heterocycles. The second-order valence-electron chi connectivity index (χ2n) is 2.68. The molecule has 1 unspecified atom stereocenters. The van der Waals surface area contributed by atoms with Gasteiger partial charge in [-0.1, -0.05) is 31.0 Å². The number of terminal acetylenes is 1. The van der Waals surface area contributed by atoms with Crippen LogP contribution in [0.1, 0.15) is 18.5 Å². The molecule has 0 amide bonds. The van der Waals surface area contributed by atoms with Crippen molar-refractivity contribution >= 4 is 22.6 Å². The largest absolute Gasteiger partial charge is 0.300 e. The van der Waals surface area contributed by atoms with Gasteiger partial charge in [0.1, 0.15) is 0 Å². The highest BCUT2D eigenvalue weighted by Crippen LogP contribution is 2.18. The molecule has 0 radical (unpaired) electrons. The van der Waals surface area contributed by atoms with Crippen molar-refractivity contribution in [3.63, 3.8) is 0 Å². The molecule has 2 heteroatoms. The molecule has 1 nitrogen and oxygen atoms in total. The van der Waals surface area contributed by atoms with E-state index in [4.69, 9.17) is 6.42 Å². The van der Waals surface area contributed by atoms with Crippen LogP contribution in [0.5, 0.6) is 0 Å². The zero-order valence-corrected chi connectivity index (χ0v) is 9.71. The molecule has 13 heavy (non-hydrogen) atoms. The average Bonchev–Trinajstić information content (AvgIpc) is 2.16. The molecule has 1 aromatic carbocycles. The van der Waals surface area contributed by atoms with Gasteiger partial charge in [0.15, 0.2) is 0 Å². The molecule has 0 saturated carbocycles. The summed E-state index contributed by atoms with van der Waals surface area (Å²) < 4.78 is 1.21. The van der Waals surface area contributed by atoms with Crippen LogP contribution in [0.2, 0.25) is 0 Å². The minimum atomic E-state index is 0.0399. The van der Waals surface area contributed by atoms with Gasteiger partial charge in [0, 0.05) is 3.57 Å². The average molecular weight is 285 g/mol. The molecule has 0 aliphatic rings. The molecule has 0 heterocycles. The van der Waals surface area contributed by atoms with E-state index in [1.165, 1.54) is 9.13 Å². The van der Waals surface area contributed by atoms with Crippen LogP contribution in [-0.4, -0.2) is 6.54 Å². The van der Waals surface area contributed by atoms with Crippen molar-refractivity contribution in [1.29, 1.82) is 0 Å². The number of hydrogen-bond acceptors (Lipinski definition) is 1. The molecule has 0 fully saturated rings. The quantitative estimate of drug-likeness (QED) is 0.665. The van der Waals surface area contributed by atoms with Gasteiger partial charge >= 0.3 is 0 Å². The third-order valence-corrected chi connectivity index (χ3v) is 2.77. The first-order valence-electron chi connectivity index (χ1n) is 4.23. The van der Waals surface area contributed by atoms with Crippen molar-refractivity contribution in [1.82, 2.24) is 5.32 Å². The summed E-state index contributed by atoms with van der Waals surface area (Å²) in [5.74, 6) is 2.74. The molecule has 0 bridgehead atoms. The van der Waals surface area contributed by atoms with Crippen molar-refractivity contribution < 1.29 is 0 Å². The molecular formula is C11H12IN. The monoisotopic (exact) mass is 285 g/mol. The summed E-state index contributed by atoms with van der Waals surface area (Å²) in [5.41, 5.74) is 1.19. The molecule has 0 saturated heterocycles.